The Morgan fingerprint density at radius 1 is 0.727 bits per heavy atom. The number of carbonyl (C=O) groups is 3. The molecule has 0 saturated heterocycles. The quantitative estimate of drug-likeness (QED) is 0.664. The van der Waals surface area contributed by atoms with Crippen molar-refractivity contribution in [3.05, 3.63) is 0 Å². The third-order valence-electron chi connectivity index (χ3n) is 1.87. The Morgan fingerprint density at radius 3 is 1.23 bits per heavy atom. The van der Waals surface area contributed by atoms with Gasteiger partial charge in [-0.3, -0.25) is 0 Å². The van der Waals surface area contributed by atoms with Crippen molar-refractivity contribution in [3.8, 4) is 0 Å². The summed E-state index contributed by atoms with van der Waals surface area (Å²) in [6.07, 6.45) is -1.47. The molecular weight excluding hydrogens is 292 g/mol. The van der Waals surface area contributed by atoms with Gasteiger partial charge in [0.25, 0.3) is 0 Å². The topological polar surface area (TPSA) is 100 Å². The minimum atomic E-state index is -0.790. The highest BCUT2D eigenvalue weighted by Crippen LogP contribution is 2.09. The maximum absolute atomic E-state index is 11.7. The molecule has 0 aromatic carbocycles. The molecule has 0 atom stereocenters. The number of carbonyl (C=O) groups excluding carboxylic acids is 3. The first kappa shape index (κ1) is 19.8. The van der Waals surface area contributed by atoms with Crippen molar-refractivity contribution in [3.63, 3.8) is 0 Å². The number of ether oxygens (including phenoxy) is 2. The highest BCUT2D eigenvalue weighted by atomic mass is 16.6. The molecule has 2 N–H and O–H groups in total. The van der Waals surface area contributed by atoms with Crippen molar-refractivity contribution >= 4 is 18.2 Å². The maximum Gasteiger partial charge on any atom is 0.428 e. The van der Waals surface area contributed by atoms with Gasteiger partial charge in [0.15, 0.2) is 0 Å². The zero-order chi connectivity index (χ0) is 17.7. The van der Waals surface area contributed by atoms with Crippen LogP contribution in [0.3, 0.4) is 0 Å². The summed E-state index contributed by atoms with van der Waals surface area (Å²) < 4.78 is 10.1. The van der Waals surface area contributed by atoms with Crippen molar-refractivity contribution < 1.29 is 23.9 Å². The van der Waals surface area contributed by atoms with Crippen LogP contribution in [-0.4, -0.2) is 53.5 Å². The van der Waals surface area contributed by atoms with Crippen LogP contribution in [0.4, 0.5) is 14.4 Å². The van der Waals surface area contributed by atoms with Gasteiger partial charge >= 0.3 is 18.2 Å². The van der Waals surface area contributed by atoms with Gasteiger partial charge in [-0.1, -0.05) is 0 Å². The van der Waals surface area contributed by atoms with Gasteiger partial charge < -0.3 is 9.47 Å². The number of urea groups is 1. The second-order valence-electron chi connectivity index (χ2n) is 6.63. The standard InChI is InChI=1S/C13H26N4O5/c1-12(2,3)21-10(19)16(7)14-9(18)15-17(8)11(20)22-13(4,5)6/h1-8H3,(H2,14,15,18). The van der Waals surface area contributed by atoms with Crippen molar-refractivity contribution in [1.82, 2.24) is 20.9 Å². The molecular formula is C13H26N4O5. The van der Waals surface area contributed by atoms with Crippen LogP contribution in [0.25, 0.3) is 0 Å². The summed E-state index contributed by atoms with van der Waals surface area (Å²) in [7, 11) is 2.64. The summed E-state index contributed by atoms with van der Waals surface area (Å²) in [6, 6.07) is -0.790. The summed E-state index contributed by atoms with van der Waals surface area (Å²) in [5.41, 5.74) is 3.05. The lowest BCUT2D eigenvalue weighted by molar-refractivity contribution is 0.0177. The SMILES string of the molecule is CN(NC(=O)NN(C)C(=O)OC(C)(C)C)C(=O)OC(C)(C)C. The van der Waals surface area contributed by atoms with Crippen LogP contribution in [0.2, 0.25) is 0 Å². The Labute approximate surface area is 130 Å². The third kappa shape index (κ3) is 8.88. The van der Waals surface area contributed by atoms with Crippen molar-refractivity contribution in [2.75, 3.05) is 14.1 Å². The summed E-state index contributed by atoms with van der Waals surface area (Å²) in [4.78, 5) is 35.0. The van der Waals surface area contributed by atoms with Crippen molar-refractivity contribution in [1.29, 1.82) is 0 Å². The van der Waals surface area contributed by atoms with Crippen molar-refractivity contribution in [2.45, 2.75) is 52.7 Å². The van der Waals surface area contributed by atoms with Crippen LogP contribution < -0.4 is 10.9 Å². The molecule has 0 unspecified atom stereocenters. The normalized spacial score (nSPS) is 11.3. The molecule has 0 radical (unpaired) electrons. The Balaban J connectivity index is 4.39. The molecule has 9 nitrogen and oxygen atoms in total. The van der Waals surface area contributed by atoms with Crippen LogP contribution in [-0.2, 0) is 9.47 Å². The van der Waals surface area contributed by atoms with Gasteiger partial charge in [0.1, 0.15) is 11.2 Å². The monoisotopic (exact) mass is 318 g/mol. The van der Waals surface area contributed by atoms with Gasteiger partial charge in [0.2, 0.25) is 0 Å². The van der Waals surface area contributed by atoms with E-state index in [2.05, 4.69) is 10.9 Å². The molecule has 0 aromatic heterocycles. The fourth-order valence-electron chi connectivity index (χ4n) is 1.08. The van der Waals surface area contributed by atoms with E-state index < -0.39 is 29.4 Å². The molecule has 0 aliphatic heterocycles. The number of hydrazine groups is 2. The highest BCUT2D eigenvalue weighted by Gasteiger charge is 2.23. The smallest absolute Gasteiger partial charge is 0.428 e. The van der Waals surface area contributed by atoms with E-state index in [1.807, 2.05) is 0 Å². The molecule has 9 heteroatoms. The zero-order valence-corrected chi connectivity index (χ0v) is 14.4. The van der Waals surface area contributed by atoms with E-state index in [1.54, 1.807) is 41.5 Å². The number of nitrogens with zero attached hydrogens (tertiary/aromatic N) is 2. The zero-order valence-electron chi connectivity index (χ0n) is 14.4. The van der Waals surface area contributed by atoms with Crippen molar-refractivity contribution in [2.24, 2.45) is 0 Å². The van der Waals surface area contributed by atoms with Crippen LogP contribution in [0.1, 0.15) is 41.5 Å². The van der Waals surface area contributed by atoms with Crippen LogP contribution in [0.15, 0.2) is 0 Å². The van der Waals surface area contributed by atoms with E-state index in [-0.39, 0.29) is 0 Å². The largest absolute Gasteiger partial charge is 0.442 e. The predicted octanol–water partition coefficient (Wildman–Crippen LogP) is 1.85. The Hall–Kier alpha value is -2.19. The lowest BCUT2D eigenvalue weighted by atomic mass is 10.2. The van der Waals surface area contributed by atoms with Gasteiger partial charge in [0, 0.05) is 14.1 Å². The second kappa shape index (κ2) is 7.19. The van der Waals surface area contributed by atoms with E-state index in [0.29, 0.717) is 0 Å². The Morgan fingerprint density at radius 2 is 1.00 bits per heavy atom. The van der Waals surface area contributed by atoms with Gasteiger partial charge in [-0.05, 0) is 41.5 Å². The first-order valence-electron chi connectivity index (χ1n) is 6.72. The number of rotatable bonds is 0. The minimum Gasteiger partial charge on any atom is -0.442 e. The molecule has 4 amide bonds. The van der Waals surface area contributed by atoms with Gasteiger partial charge in [0.05, 0.1) is 0 Å². The van der Waals surface area contributed by atoms with E-state index in [9.17, 15) is 14.4 Å². The van der Waals surface area contributed by atoms with E-state index in [1.165, 1.54) is 14.1 Å². The number of nitrogens with one attached hydrogen (secondary N) is 2. The molecule has 22 heavy (non-hydrogen) atoms. The Kier molecular flexibility index (Phi) is 6.47. The molecule has 0 heterocycles. The van der Waals surface area contributed by atoms with Gasteiger partial charge in [-0.2, -0.15) is 0 Å². The average Bonchev–Trinajstić information content (AvgIpc) is 2.23. The number of hydrogen-bond donors (Lipinski definition) is 2. The van der Waals surface area contributed by atoms with Crippen LogP contribution in [0.5, 0.6) is 0 Å². The van der Waals surface area contributed by atoms with E-state index in [0.717, 1.165) is 10.0 Å². The van der Waals surface area contributed by atoms with Crippen LogP contribution >= 0.6 is 0 Å². The molecule has 0 saturated carbocycles. The van der Waals surface area contributed by atoms with E-state index >= 15 is 0 Å². The lowest BCUT2D eigenvalue weighted by Gasteiger charge is -2.27. The fraction of sp³-hybridized carbons (Fsp3) is 0.769. The summed E-state index contributed by atoms with van der Waals surface area (Å²) in [5.74, 6) is 0. The summed E-state index contributed by atoms with van der Waals surface area (Å²) >= 11 is 0. The van der Waals surface area contributed by atoms with Gasteiger partial charge in [-0.15, -0.1) is 0 Å². The molecule has 0 aliphatic rings. The highest BCUT2D eigenvalue weighted by molar-refractivity contribution is 5.79. The molecule has 0 fully saturated rings. The molecule has 0 aromatic rings. The number of hydrogen-bond acceptors (Lipinski definition) is 5. The predicted molar refractivity (Wildman–Crippen MR) is 79.7 cm³/mol. The summed E-state index contributed by atoms with van der Waals surface area (Å²) in [6.45, 7) is 10.2. The first-order chi connectivity index (χ1) is 9.71. The number of amides is 4. The molecule has 0 rings (SSSR count). The third-order valence-corrected chi connectivity index (χ3v) is 1.87. The first-order valence-corrected chi connectivity index (χ1v) is 6.72. The van der Waals surface area contributed by atoms with Gasteiger partial charge in [-0.25, -0.2) is 35.3 Å². The van der Waals surface area contributed by atoms with Crippen LogP contribution in [0, 0.1) is 0 Å². The minimum absolute atomic E-state index is 0.684. The fourth-order valence-corrected chi connectivity index (χ4v) is 1.08. The maximum atomic E-state index is 11.7. The van der Waals surface area contributed by atoms with E-state index in [4.69, 9.17) is 9.47 Å². The second-order valence-corrected chi connectivity index (χ2v) is 6.63. The molecule has 0 aliphatic carbocycles. The molecule has 128 valence electrons. The summed E-state index contributed by atoms with van der Waals surface area (Å²) in [5, 5.41) is 1.73. The lowest BCUT2D eigenvalue weighted by Crippen LogP contribution is -2.54. The average molecular weight is 318 g/mol. The molecule has 0 spiro atoms. The molecule has 0 bridgehead atoms. The Bertz CT molecular complexity index is 387.